The van der Waals surface area contributed by atoms with Gasteiger partial charge in [0.2, 0.25) is 0 Å². The number of aromatic nitrogens is 1. The number of halogens is 1. The summed E-state index contributed by atoms with van der Waals surface area (Å²) in [7, 11) is 0. The molecule has 1 aromatic heterocycles. The first-order chi connectivity index (χ1) is 7.70. The van der Waals surface area contributed by atoms with Crippen LogP contribution in [-0.2, 0) is 6.42 Å². The van der Waals surface area contributed by atoms with Crippen molar-refractivity contribution < 1.29 is 4.52 Å². The molecule has 1 aromatic rings. The molecule has 1 atom stereocenters. The normalized spacial score (nSPS) is 13.0. The van der Waals surface area contributed by atoms with Crippen LogP contribution >= 0.6 is 11.6 Å². The standard InChI is InChI=1S/C13H22ClNO/c1-4-6-7-8-9-11-12(14)13(15-16-11)10(3)5-2/h10H,4-9H2,1-3H3. The molecule has 0 saturated carbocycles. The Morgan fingerprint density at radius 3 is 2.62 bits per heavy atom. The molecule has 1 heterocycles. The lowest BCUT2D eigenvalue weighted by atomic mass is 10.0. The SMILES string of the molecule is CCCCCCc1onc(C(C)CC)c1Cl. The highest BCUT2D eigenvalue weighted by Crippen LogP contribution is 2.29. The molecular weight excluding hydrogens is 222 g/mol. The second-order valence-corrected chi connectivity index (χ2v) is 4.80. The molecule has 0 radical (unpaired) electrons. The zero-order valence-corrected chi connectivity index (χ0v) is 11.3. The van der Waals surface area contributed by atoms with E-state index in [0.717, 1.165) is 35.7 Å². The summed E-state index contributed by atoms with van der Waals surface area (Å²) in [5, 5.41) is 4.83. The highest BCUT2D eigenvalue weighted by Gasteiger charge is 2.17. The van der Waals surface area contributed by atoms with E-state index in [1.807, 2.05) is 0 Å². The average molecular weight is 244 g/mol. The highest BCUT2D eigenvalue weighted by molar-refractivity contribution is 6.31. The first kappa shape index (κ1) is 13.6. The van der Waals surface area contributed by atoms with E-state index in [0.29, 0.717) is 5.92 Å². The summed E-state index contributed by atoms with van der Waals surface area (Å²) in [6, 6.07) is 0. The van der Waals surface area contributed by atoms with Gasteiger partial charge in [0.25, 0.3) is 0 Å². The molecule has 0 saturated heterocycles. The van der Waals surface area contributed by atoms with Crippen LogP contribution in [0.5, 0.6) is 0 Å². The maximum absolute atomic E-state index is 6.25. The number of hydrogen-bond acceptors (Lipinski definition) is 2. The predicted molar refractivity (Wildman–Crippen MR) is 68.1 cm³/mol. The smallest absolute Gasteiger partial charge is 0.155 e. The van der Waals surface area contributed by atoms with Gasteiger partial charge in [0.1, 0.15) is 10.7 Å². The summed E-state index contributed by atoms with van der Waals surface area (Å²) in [6.07, 6.45) is 6.88. The number of hydrogen-bond donors (Lipinski definition) is 0. The van der Waals surface area contributed by atoms with E-state index in [2.05, 4.69) is 25.9 Å². The Hall–Kier alpha value is -0.500. The number of aryl methyl sites for hydroxylation is 1. The molecule has 0 spiro atoms. The first-order valence-electron chi connectivity index (χ1n) is 6.34. The number of nitrogens with zero attached hydrogens (tertiary/aromatic N) is 1. The molecule has 0 N–H and O–H groups in total. The van der Waals surface area contributed by atoms with Crippen LogP contribution in [0.2, 0.25) is 5.02 Å². The number of unbranched alkanes of at least 4 members (excludes halogenated alkanes) is 3. The molecule has 1 rings (SSSR count). The van der Waals surface area contributed by atoms with Crippen LogP contribution in [-0.4, -0.2) is 5.16 Å². The van der Waals surface area contributed by atoms with Gasteiger partial charge in [-0.15, -0.1) is 0 Å². The molecule has 0 aliphatic heterocycles. The van der Waals surface area contributed by atoms with Gasteiger partial charge in [0.15, 0.2) is 5.76 Å². The molecule has 0 aromatic carbocycles. The fourth-order valence-electron chi connectivity index (χ4n) is 1.69. The van der Waals surface area contributed by atoms with Crippen LogP contribution in [0.3, 0.4) is 0 Å². The van der Waals surface area contributed by atoms with Gasteiger partial charge in [-0.05, 0) is 12.8 Å². The van der Waals surface area contributed by atoms with E-state index in [1.54, 1.807) is 0 Å². The summed E-state index contributed by atoms with van der Waals surface area (Å²) < 4.78 is 5.32. The van der Waals surface area contributed by atoms with Crippen molar-refractivity contribution in [1.29, 1.82) is 0 Å². The van der Waals surface area contributed by atoms with Gasteiger partial charge in [-0.25, -0.2) is 0 Å². The van der Waals surface area contributed by atoms with E-state index in [1.165, 1.54) is 19.3 Å². The van der Waals surface area contributed by atoms with Crippen molar-refractivity contribution in [2.24, 2.45) is 0 Å². The van der Waals surface area contributed by atoms with Gasteiger partial charge >= 0.3 is 0 Å². The molecule has 16 heavy (non-hydrogen) atoms. The molecule has 0 aliphatic rings. The third-order valence-electron chi connectivity index (χ3n) is 3.06. The van der Waals surface area contributed by atoms with E-state index in [4.69, 9.17) is 16.1 Å². The topological polar surface area (TPSA) is 26.0 Å². The lowest BCUT2D eigenvalue weighted by Gasteiger charge is -2.03. The molecule has 2 nitrogen and oxygen atoms in total. The van der Waals surface area contributed by atoms with E-state index < -0.39 is 0 Å². The molecular formula is C13H22ClNO. The van der Waals surface area contributed by atoms with Crippen molar-refractivity contribution in [3.8, 4) is 0 Å². The first-order valence-corrected chi connectivity index (χ1v) is 6.72. The summed E-state index contributed by atoms with van der Waals surface area (Å²) in [5.74, 6) is 1.26. The highest BCUT2D eigenvalue weighted by atomic mass is 35.5. The van der Waals surface area contributed by atoms with Crippen LogP contribution < -0.4 is 0 Å². The summed E-state index contributed by atoms with van der Waals surface area (Å²) in [4.78, 5) is 0. The average Bonchev–Trinajstić information content (AvgIpc) is 2.65. The Balaban J connectivity index is 2.51. The third kappa shape index (κ3) is 3.51. The molecule has 3 heteroatoms. The quantitative estimate of drug-likeness (QED) is 0.633. The molecule has 0 aliphatic carbocycles. The molecule has 0 fully saturated rings. The van der Waals surface area contributed by atoms with Gasteiger partial charge < -0.3 is 4.52 Å². The summed E-state index contributed by atoms with van der Waals surface area (Å²) in [6.45, 7) is 6.48. The second kappa shape index (κ2) is 6.95. The lowest BCUT2D eigenvalue weighted by Crippen LogP contribution is -1.92. The maximum atomic E-state index is 6.25. The summed E-state index contributed by atoms with van der Waals surface area (Å²) >= 11 is 6.25. The van der Waals surface area contributed by atoms with Crippen molar-refractivity contribution in [1.82, 2.24) is 5.16 Å². The van der Waals surface area contributed by atoms with Gasteiger partial charge in [-0.2, -0.15) is 0 Å². The van der Waals surface area contributed by atoms with Crippen molar-refractivity contribution in [2.45, 2.75) is 65.2 Å². The summed E-state index contributed by atoms with van der Waals surface area (Å²) in [5.41, 5.74) is 0.926. The Kier molecular flexibility index (Phi) is 5.89. The Bertz CT molecular complexity index is 309. The predicted octanol–water partition coefficient (Wildman–Crippen LogP) is 4.96. The lowest BCUT2D eigenvalue weighted by molar-refractivity contribution is 0.369. The van der Waals surface area contributed by atoms with Gasteiger partial charge in [-0.1, -0.05) is 56.8 Å². The van der Waals surface area contributed by atoms with Crippen molar-refractivity contribution in [2.75, 3.05) is 0 Å². The van der Waals surface area contributed by atoms with Crippen LogP contribution in [0.15, 0.2) is 4.52 Å². The minimum Gasteiger partial charge on any atom is -0.360 e. The monoisotopic (exact) mass is 243 g/mol. The van der Waals surface area contributed by atoms with Gasteiger partial charge in [0, 0.05) is 12.3 Å². The second-order valence-electron chi connectivity index (χ2n) is 4.42. The minimum atomic E-state index is 0.389. The van der Waals surface area contributed by atoms with Crippen LogP contribution in [0, 0.1) is 0 Å². The van der Waals surface area contributed by atoms with Crippen molar-refractivity contribution in [3.05, 3.63) is 16.5 Å². The van der Waals surface area contributed by atoms with Crippen molar-refractivity contribution in [3.63, 3.8) is 0 Å². The van der Waals surface area contributed by atoms with Crippen LogP contribution in [0.25, 0.3) is 0 Å². The molecule has 1 unspecified atom stereocenters. The van der Waals surface area contributed by atoms with Crippen molar-refractivity contribution >= 4 is 11.6 Å². The fourth-order valence-corrected chi connectivity index (χ4v) is 2.04. The zero-order chi connectivity index (χ0) is 12.0. The maximum Gasteiger partial charge on any atom is 0.155 e. The molecule has 0 bridgehead atoms. The molecule has 0 amide bonds. The van der Waals surface area contributed by atoms with Gasteiger partial charge in [0.05, 0.1) is 0 Å². The van der Waals surface area contributed by atoms with Gasteiger partial charge in [-0.3, -0.25) is 0 Å². The fraction of sp³-hybridized carbons (Fsp3) is 0.769. The third-order valence-corrected chi connectivity index (χ3v) is 3.46. The Morgan fingerprint density at radius 2 is 2.00 bits per heavy atom. The Morgan fingerprint density at radius 1 is 1.25 bits per heavy atom. The minimum absolute atomic E-state index is 0.389. The largest absolute Gasteiger partial charge is 0.360 e. The number of rotatable bonds is 7. The van der Waals surface area contributed by atoms with Crippen LogP contribution in [0.1, 0.15) is 70.2 Å². The molecule has 92 valence electrons. The van der Waals surface area contributed by atoms with E-state index in [9.17, 15) is 0 Å². The van der Waals surface area contributed by atoms with E-state index >= 15 is 0 Å². The van der Waals surface area contributed by atoms with Crippen LogP contribution in [0.4, 0.5) is 0 Å². The Labute approximate surface area is 103 Å². The van der Waals surface area contributed by atoms with E-state index in [-0.39, 0.29) is 0 Å². The zero-order valence-electron chi connectivity index (χ0n) is 10.6.